The second-order valence-corrected chi connectivity index (χ2v) is 5.46. The topological polar surface area (TPSA) is 73.7 Å². The molecular formula is C15H15N2O3. The van der Waals surface area contributed by atoms with Gasteiger partial charge in [0, 0.05) is 18.5 Å². The van der Waals surface area contributed by atoms with Gasteiger partial charge in [-0.1, -0.05) is 0 Å². The van der Waals surface area contributed by atoms with Crippen LogP contribution in [-0.4, -0.2) is 44.7 Å². The van der Waals surface area contributed by atoms with E-state index in [1.807, 2.05) is 0 Å². The van der Waals surface area contributed by atoms with E-state index >= 15 is 0 Å². The van der Waals surface area contributed by atoms with Crippen molar-refractivity contribution in [1.82, 2.24) is 9.88 Å². The average molecular weight is 271 g/mol. The lowest BCUT2D eigenvalue weighted by atomic mass is 10.1. The molecule has 103 valence electrons. The summed E-state index contributed by atoms with van der Waals surface area (Å²) in [5.74, 6) is -0.0563. The molecule has 1 atom stereocenters. The van der Waals surface area contributed by atoms with Gasteiger partial charge in [0.1, 0.15) is 11.4 Å². The fraction of sp³-hybridized carbons (Fsp3) is 0.333. The van der Waals surface area contributed by atoms with Crippen molar-refractivity contribution < 1.29 is 15.0 Å². The zero-order valence-corrected chi connectivity index (χ0v) is 11.1. The minimum atomic E-state index is -0.817. The maximum atomic E-state index is 12.3. The van der Waals surface area contributed by atoms with E-state index in [2.05, 4.69) is 11.1 Å². The van der Waals surface area contributed by atoms with Crippen LogP contribution in [0.4, 0.5) is 0 Å². The van der Waals surface area contributed by atoms with Gasteiger partial charge in [0.25, 0.3) is 5.91 Å². The number of phenolic OH excluding ortho intramolecular Hbond substituents is 1. The molecule has 1 aliphatic heterocycles. The third-order valence-corrected chi connectivity index (χ3v) is 3.54. The number of nitrogens with zero attached hydrogens (tertiary/aromatic N) is 2. The van der Waals surface area contributed by atoms with Crippen LogP contribution in [0.3, 0.4) is 0 Å². The van der Waals surface area contributed by atoms with E-state index in [-0.39, 0.29) is 11.7 Å². The Morgan fingerprint density at radius 2 is 2.30 bits per heavy atom. The zero-order chi connectivity index (χ0) is 14.3. The predicted octanol–water partition coefficient (Wildman–Crippen LogP) is 1.34. The van der Waals surface area contributed by atoms with Gasteiger partial charge < -0.3 is 15.1 Å². The molecule has 1 saturated heterocycles. The van der Waals surface area contributed by atoms with Gasteiger partial charge >= 0.3 is 0 Å². The second kappa shape index (κ2) is 4.45. The van der Waals surface area contributed by atoms with E-state index in [9.17, 15) is 15.0 Å². The van der Waals surface area contributed by atoms with Gasteiger partial charge in [0.2, 0.25) is 0 Å². The molecule has 1 amide bonds. The van der Waals surface area contributed by atoms with Crippen molar-refractivity contribution in [2.75, 3.05) is 13.1 Å². The predicted molar refractivity (Wildman–Crippen MR) is 73.4 cm³/mol. The fourth-order valence-corrected chi connectivity index (χ4v) is 2.44. The molecule has 5 nitrogen and oxygen atoms in total. The molecule has 0 aliphatic carbocycles. The standard InChI is InChI=1S/C15H15N2O3/c1-15(20)6-7-17(9-15)14(19)13-4-2-10-8-11(18)3-5-12(10)16-13/h3-5,8,18,20H,6-7,9H2,1H3. The number of β-amino-alcohol motifs (C(OH)–C–C–N with tert-alkyl or cyclic N) is 1. The van der Waals surface area contributed by atoms with Gasteiger partial charge in [-0.25, -0.2) is 4.98 Å². The van der Waals surface area contributed by atoms with Crippen LogP contribution in [0.5, 0.6) is 5.75 Å². The molecule has 1 aromatic heterocycles. The lowest BCUT2D eigenvalue weighted by Gasteiger charge is -2.18. The summed E-state index contributed by atoms with van der Waals surface area (Å²) in [6, 6.07) is 9.21. The number of phenols is 1. The lowest BCUT2D eigenvalue weighted by Crippen LogP contribution is -2.34. The number of carbonyl (C=O) groups excluding carboxylic acids is 1. The molecule has 0 bridgehead atoms. The van der Waals surface area contributed by atoms with Crippen LogP contribution in [-0.2, 0) is 0 Å². The number of hydrogen-bond donors (Lipinski definition) is 2. The molecule has 0 saturated carbocycles. The van der Waals surface area contributed by atoms with Gasteiger partial charge in [0.05, 0.1) is 11.1 Å². The first kappa shape index (κ1) is 12.9. The summed E-state index contributed by atoms with van der Waals surface area (Å²) in [5.41, 5.74) is 0.0997. The summed E-state index contributed by atoms with van der Waals surface area (Å²) in [7, 11) is 0. The molecule has 5 heteroatoms. The first-order valence-corrected chi connectivity index (χ1v) is 6.48. The van der Waals surface area contributed by atoms with Gasteiger partial charge in [-0.15, -0.1) is 0 Å². The number of aromatic nitrogens is 1. The monoisotopic (exact) mass is 271 g/mol. The average Bonchev–Trinajstić information content (AvgIpc) is 2.77. The van der Waals surface area contributed by atoms with Crippen molar-refractivity contribution in [3.8, 4) is 5.75 Å². The Kier molecular flexibility index (Phi) is 2.87. The summed E-state index contributed by atoms with van der Waals surface area (Å²) in [6.07, 6.45) is 0.573. The highest BCUT2D eigenvalue weighted by Crippen LogP contribution is 2.23. The van der Waals surface area contributed by atoms with E-state index in [1.54, 1.807) is 24.0 Å². The highest BCUT2D eigenvalue weighted by atomic mass is 16.3. The molecule has 1 unspecified atom stereocenters. The molecular weight excluding hydrogens is 256 g/mol. The number of amides is 1. The Hall–Kier alpha value is -2.14. The Labute approximate surface area is 116 Å². The van der Waals surface area contributed by atoms with Gasteiger partial charge in [-0.05, 0) is 43.7 Å². The molecule has 3 rings (SSSR count). The van der Waals surface area contributed by atoms with Crippen LogP contribution in [0.15, 0.2) is 24.3 Å². The summed E-state index contributed by atoms with van der Waals surface area (Å²) in [6.45, 7) is 2.57. The van der Waals surface area contributed by atoms with Crippen molar-refractivity contribution in [3.05, 3.63) is 36.0 Å². The molecule has 1 aliphatic rings. The molecule has 2 N–H and O–H groups in total. The van der Waals surface area contributed by atoms with Gasteiger partial charge in [0.15, 0.2) is 0 Å². The number of pyridine rings is 1. The molecule has 0 spiro atoms. The van der Waals surface area contributed by atoms with Crippen LogP contribution in [0.25, 0.3) is 10.9 Å². The minimum Gasteiger partial charge on any atom is -0.508 e. The first-order valence-electron chi connectivity index (χ1n) is 6.48. The maximum absolute atomic E-state index is 12.3. The summed E-state index contributed by atoms with van der Waals surface area (Å²) < 4.78 is 0. The number of rotatable bonds is 1. The number of aliphatic hydroxyl groups is 1. The van der Waals surface area contributed by atoms with Crippen molar-refractivity contribution in [3.63, 3.8) is 0 Å². The molecule has 1 fully saturated rings. The summed E-state index contributed by atoms with van der Waals surface area (Å²) >= 11 is 0. The van der Waals surface area contributed by atoms with Crippen LogP contribution in [0.1, 0.15) is 23.8 Å². The first-order chi connectivity index (χ1) is 9.44. The maximum Gasteiger partial charge on any atom is 0.272 e. The quantitative estimate of drug-likeness (QED) is 0.821. The van der Waals surface area contributed by atoms with Gasteiger partial charge in [-0.3, -0.25) is 4.79 Å². The van der Waals surface area contributed by atoms with Crippen molar-refractivity contribution in [2.24, 2.45) is 0 Å². The van der Waals surface area contributed by atoms with Crippen molar-refractivity contribution >= 4 is 16.8 Å². The van der Waals surface area contributed by atoms with E-state index in [4.69, 9.17) is 0 Å². The number of benzene rings is 1. The SMILES string of the molecule is CC1(O)CCN(C(=O)c2c[c]c3cc(O)ccc3n2)C1. The molecule has 1 aromatic carbocycles. The number of likely N-dealkylation sites (tertiary alicyclic amines) is 1. The van der Waals surface area contributed by atoms with Crippen molar-refractivity contribution in [2.45, 2.75) is 18.9 Å². The minimum absolute atomic E-state index is 0.144. The normalized spacial score (nSPS) is 22.4. The van der Waals surface area contributed by atoms with Crippen LogP contribution in [0, 0.1) is 6.07 Å². The second-order valence-electron chi connectivity index (χ2n) is 5.46. The third-order valence-electron chi connectivity index (χ3n) is 3.54. The highest BCUT2D eigenvalue weighted by Gasteiger charge is 2.34. The number of carbonyl (C=O) groups is 1. The molecule has 2 heterocycles. The van der Waals surface area contributed by atoms with Crippen LogP contribution >= 0.6 is 0 Å². The molecule has 1 radical (unpaired) electrons. The Morgan fingerprint density at radius 1 is 1.50 bits per heavy atom. The number of hydrogen-bond acceptors (Lipinski definition) is 4. The smallest absolute Gasteiger partial charge is 0.272 e. The number of aromatic hydroxyl groups is 1. The lowest BCUT2D eigenvalue weighted by molar-refractivity contribution is 0.0569. The van der Waals surface area contributed by atoms with Crippen LogP contribution < -0.4 is 0 Å². The summed E-state index contributed by atoms with van der Waals surface area (Å²) in [5, 5.41) is 20.0. The Balaban J connectivity index is 1.90. The number of fused-ring (bicyclic) bond motifs is 1. The van der Waals surface area contributed by atoms with Gasteiger partial charge in [-0.2, -0.15) is 0 Å². The molecule has 20 heavy (non-hydrogen) atoms. The highest BCUT2D eigenvalue weighted by molar-refractivity contribution is 5.95. The fourth-order valence-electron chi connectivity index (χ4n) is 2.44. The zero-order valence-electron chi connectivity index (χ0n) is 11.1. The Morgan fingerprint density at radius 3 is 3.00 bits per heavy atom. The van der Waals surface area contributed by atoms with Crippen molar-refractivity contribution in [1.29, 1.82) is 0 Å². The van der Waals surface area contributed by atoms with Crippen LogP contribution in [0.2, 0.25) is 0 Å². The van der Waals surface area contributed by atoms with E-state index in [0.29, 0.717) is 36.1 Å². The van der Waals surface area contributed by atoms with E-state index < -0.39 is 5.60 Å². The summed E-state index contributed by atoms with van der Waals surface area (Å²) in [4.78, 5) is 18.2. The largest absolute Gasteiger partial charge is 0.508 e. The molecule has 2 aromatic rings. The van der Waals surface area contributed by atoms with E-state index in [0.717, 1.165) is 0 Å². The van der Waals surface area contributed by atoms with E-state index in [1.165, 1.54) is 12.1 Å². The Bertz CT molecular complexity index is 682. The third kappa shape index (κ3) is 2.32.